The Morgan fingerprint density at radius 2 is 1.70 bits per heavy atom. The van der Waals surface area contributed by atoms with E-state index in [0.717, 1.165) is 43.4 Å². The molecule has 2 aromatic rings. The highest BCUT2D eigenvalue weighted by Crippen LogP contribution is 2.29. The van der Waals surface area contributed by atoms with Crippen molar-refractivity contribution in [3.8, 4) is 0 Å². The molecule has 0 radical (unpaired) electrons. The molecule has 0 spiro atoms. The van der Waals surface area contributed by atoms with Crippen LogP contribution in [0.1, 0.15) is 67.8 Å². The van der Waals surface area contributed by atoms with Gasteiger partial charge >= 0.3 is 0 Å². The van der Waals surface area contributed by atoms with E-state index in [0.29, 0.717) is 56.9 Å². The van der Waals surface area contributed by atoms with Gasteiger partial charge < -0.3 is 35.6 Å². The Balaban J connectivity index is 1.30. The van der Waals surface area contributed by atoms with E-state index in [1.165, 1.54) is 6.42 Å². The third-order valence-electron chi connectivity index (χ3n) is 8.98. The van der Waals surface area contributed by atoms with Crippen molar-refractivity contribution in [2.24, 2.45) is 0 Å². The first-order valence-corrected chi connectivity index (χ1v) is 16.2. The van der Waals surface area contributed by atoms with E-state index in [2.05, 4.69) is 20.9 Å². The minimum absolute atomic E-state index is 0.0561. The van der Waals surface area contributed by atoms with Crippen LogP contribution in [0, 0.1) is 0 Å². The lowest BCUT2D eigenvalue weighted by molar-refractivity contribution is -0.123. The predicted molar refractivity (Wildman–Crippen MR) is 171 cm³/mol. The van der Waals surface area contributed by atoms with Crippen LogP contribution in [-0.2, 0) is 20.7 Å². The maximum absolute atomic E-state index is 13.8. The normalized spacial score (nSPS) is 19.8. The molecule has 3 fully saturated rings. The number of aliphatic hydroxyl groups is 1. The second-order valence-corrected chi connectivity index (χ2v) is 12.3. The summed E-state index contributed by atoms with van der Waals surface area (Å²) in [4.78, 5) is 43.2. The van der Waals surface area contributed by atoms with Gasteiger partial charge in [-0.15, -0.1) is 0 Å². The van der Waals surface area contributed by atoms with E-state index in [1.807, 2.05) is 42.5 Å². The van der Waals surface area contributed by atoms with E-state index in [1.54, 1.807) is 17.9 Å². The van der Waals surface area contributed by atoms with Crippen molar-refractivity contribution >= 4 is 29.1 Å². The van der Waals surface area contributed by atoms with Crippen molar-refractivity contribution in [1.29, 1.82) is 0 Å². The van der Waals surface area contributed by atoms with Gasteiger partial charge in [-0.25, -0.2) is 0 Å². The number of rotatable bonds is 12. The molecule has 2 aliphatic heterocycles. The van der Waals surface area contributed by atoms with Crippen LogP contribution in [0.2, 0.25) is 0 Å². The van der Waals surface area contributed by atoms with Crippen molar-refractivity contribution in [2.75, 3.05) is 49.2 Å². The highest BCUT2D eigenvalue weighted by molar-refractivity contribution is 6.00. The summed E-state index contributed by atoms with van der Waals surface area (Å²) >= 11 is 0. The minimum atomic E-state index is -0.953. The van der Waals surface area contributed by atoms with Crippen LogP contribution in [0.3, 0.4) is 0 Å². The van der Waals surface area contributed by atoms with Crippen LogP contribution in [0.15, 0.2) is 48.5 Å². The van der Waals surface area contributed by atoms with Gasteiger partial charge in [-0.2, -0.15) is 0 Å². The van der Waals surface area contributed by atoms with Crippen LogP contribution in [-0.4, -0.2) is 86.5 Å². The number of morpholine rings is 1. The van der Waals surface area contributed by atoms with Crippen LogP contribution < -0.4 is 25.8 Å². The zero-order chi connectivity index (χ0) is 30.9. The second kappa shape index (κ2) is 15.5. The quantitative estimate of drug-likeness (QED) is 0.294. The molecular formula is C34H47N5O5. The number of nitrogens with one attached hydrogen (secondary N) is 3. The van der Waals surface area contributed by atoms with E-state index >= 15 is 0 Å². The lowest BCUT2D eigenvalue weighted by Gasteiger charge is -2.31. The van der Waals surface area contributed by atoms with Crippen molar-refractivity contribution in [3.63, 3.8) is 0 Å². The summed E-state index contributed by atoms with van der Waals surface area (Å²) in [7, 11) is 0. The molecule has 1 aliphatic carbocycles. The van der Waals surface area contributed by atoms with Crippen LogP contribution >= 0.6 is 0 Å². The second-order valence-electron chi connectivity index (χ2n) is 12.3. The summed E-state index contributed by atoms with van der Waals surface area (Å²) < 4.78 is 5.53. The number of hydrogen-bond acceptors (Lipinski definition) is 7. The summed E-state index contributed by atoms with van der Waals surface area (Å²) in [5.74, 6) is -0.340. The smallest absolute Gasteiger partial charge is 0.251 e. The Kier molecular flexibility index (Phi) is 11.3. The molecule has 2 heterocycles. The highest BCUT2D eigenvalue weighted by Gasteiger charge is 2.28. The summed E-state index contributed by atoms with van der Waals surface area (Å²) in [6.07, 6.45) is 6.26. The maximum Gasteiger partial charge on any atom is 0.251 e. The molecule has 3 atom stereocenters. The summed E-state index contributed by atoms with van der Waals surface area (Å²) in [5, 5.41) is 20.8. The van der Waals surface area contributed by atoms with E-state index < -0.39 is 18.2 Å². The van der Waals surface area contributed by atoms with E-state index in [4.69, 9.17) is 4.74 Å². The molecule has 10 heteroatoms. The number of carbonyl (C=O) groups excluding carboxylic acids is 3. The summed E-state index contributed by atoms with van der Waals surface area (Å²) in [6, 6.07) is 14.4. The number of hydrogen-bond donors (Lipinski definition) is 4. The fourth-order valence-corrected chi connectivity index (χ4v) is 6.32. The standard InChI is InChI=1S/C34H47N5O5/c1-24(33(42)36-27-11-6-3-7-12-27)35-23-31(40)30(19-25-9-4-2-5-10-25)37-34(43)26-20-28(38-15-17-44-18-16-38)22-29(21-26)39-14-8-13-32(39)41/h2,4-5,9-10,20-22,24,27,30-31,35,40H,3,6-8,11-19,23H2,1H3,(H,36,42)(H,37,43)/t24-,30?,31+/m0/s1. The average Bonchev–Trinajstić information content (AvgIpc) is 3.50. The topological polar surface area (TPSA) is 123 Å². The fraction of sp³-hybridized carbons (Fsp3) is 0.559. The third kappa shape index (κ3) is 8.58. The van der Waals surface area contributed by atoms with E-state index in [-0.39, 0.29) is 30.3 Å². The largest absolute Gasteiger partial charge is 0.390 e. The first-order valence-electron chi connectivity index (χ1n) is 16.2. The Labute approximate surface area is 260 Å². The maximum atomic E-state index is 13.8. The monoisotopic (exact) mass is 605 g/mol. The first kappa shape index (κ1) is 31.9. The molecule has 44 heavy (non-hydrogen) atoms. The van der Waals surface area contributed by atoms with Gasteiger partial charge in [0.15, 0.2) is 0 Å². The molecule has 2 aromatic carbocycles. The summed E-state index contributed by atoms with van der Waals surface area (Å²) in [5.41, 5.74) is 2.99. The third-order valence-corrected chi connectivity index (χ3v) is 8.98. The Bertz CT molecular complexity index is 1260. The van der Waals surface area contributed by atoms with Gasteiger partial charge in [-0.1, -0.05) is 49.6 Å². The number of benzene rings is 2. The van der Waals surface area contributed by atoms with Gasteiger partial charge in [0, 0.05) is 55.6 Å². The predicted octanol–water partition coefficient (Wildman–Crippen LogP) is 2.78. The number of nitrogens with zero attached hydrogens (tertiary/aromatic N) is 2. The van der Waals surface area contributed by atoms with E-state index in [9.17, 15) is 19.5 Å². The molecule has 238 valence electrons. The molecule has 0 aromatic heterocycles. The van der Waals surface area contributed by atoms with Crippen molar-refractivity contribution in [1.82, 2.24) is 16.0 Å². The van der Waals surface area contributed by atoms with Crippen molar-refractivity contribution in [3.05, 3.63) is 59.7 Å². The van der Waals surface area contributed by atoms with Crippen LogP contribution in [0.5, 0.6) is 0 Å². The lowest BCUT2D eigenvalue weighted by Crippen LogP contribution is -2.53. The summed E-state index contributed by atoms with van der Waals surface area (Å²) in [6.45, 7) is 5.16. The molecule has 10 nitrogen and oxygen atoms in total. The highest BCUT2D eigenvalue weighted by atomic mass is 16.5. The van der Waals surface area contributed by atoms with Gasteiger partial charge in [-0.3, -0.25) is 14.4 Å². The van der Waals surface area contributed by atoms with Crippen LogP contribution in [0.25, 0.3) is 0 Å². The number of anilines is 2. The fourth-order valence-electron chi connectivity index (χ4n) is 6.32. The molecule has 5 rings (SSSR count). The molecule has 3 amide bonds. The Morgan fingerprint density at radius 1 is 0.977 bits per heavy atom. The SMILES string of the molecule is C[C@H](NC[C@@H](O)C(Cc1ccccc1)NC(=O)c1cc(N2CCOCC2)cc(N2CCCC2=O)c1)C(=O)NC1CCCCC1. The van der Waals surface area contributed by atoms with Gasteiger partial charge in [0.05, 0.1) is 31.4 Å². The Morgan fingerprint density at radius 3 is 2.41 bits per heavy atom. The van der Waals surface area contributed by atoms with Crippen molar-refractivity contribution < 1.29 is 24.2 Å². The average molecular weight is 606 g/mol. The molecular weight excluding hydrogens is 558 g/mol. The van der Waals surface area contributed by atoms with Crippen molar-refractivity contribution in [2.45, 2.75) is 82.5 Å². The van der Waals surface area contributed by atoms with Gasteiger partial charge in [-0.05, 0) is 56.4 Å². The molecule has 4 N–H and O–H groups in total. The lowest BCUT2D eigenvalue weighted by atomic mass is 9.95. The minimum Gasteiger partial charge on any atom is -0.390 e. The Hall–Kier alpha value is -3.47. The zero-order valence-electron chi connectivity index (χ0n) is 25.8. The molecule has 1 saturated carbocycles. The van der Waals surface area contributed by atoms with Gasteiger partial charge in [0.25, 0.3) is 5.91 Å². The molecule has 1 unspecified atom stereocenters. The van der Waals surface area contributed by atoms with Gasteiger partial charge in [0.2, 0.25) is 11.8 Å². The number of amides is 3. The first-order chi connectivity index (χ1) is 21.4. The zero-order valence-corrected chi connectivity index (χ0v) is 25.8. The number of carbonyl (C=O) groups is 3. The molecule has 0 bridgehead atoms. The molecule has 3 aliphatic rings. The number of ether oxygens (including phenoxy) is 1. The molecule has 2 saturated heterocycles. The van der Waals surface area contributed by atoms with Crippen LogP contribution in [0.4, 0.5) is 11.4 Å². The van der Waals surface area contributed by atoms with Gasteiger partial charge in [0.1, 0.15) is 0 Å². The number of aliphatic hydroxyl groups excluding tert-OH is 1.